The molecule has 0 saturated heterocycles. The number of hydrogen-bond acceptors (Lipinski definition) is 1. The first-order chi connectivity index (χ1) is 8.15. The van der Waals surface area contributed by atoms with E-state index in [0.29, 0.717) is 6.42 Å². The van der Waals surface area contributed by atoms with E-state index < -0.39 is 0 Å². The molecule has 0 unspecified atom stereocenters. The van der Waals surface area contributed by atoms with Gasteiger partial charge in [-0.2, -0.15) is 0 Å². The molecule has 1 nitrogen and oxygen atoms in total. The number of carbonyl (C=O) groups is 1. The van der Waals surface area contributed by atoms with Crippen LogP contribution in [0.25, 0.3) is 0 Å². The van der Waals surface area contributed by atoms with Crippen molar-refractivity contribution in [1.82, 2.24) is 0 Å². The van der Waals surface area contributed by atoms with Crippen molar-refractivity contribution in [2.45, 2.75) is 13.3 Å². The number of halogens is 1. The molecule has 0 heterocycles. The third-order valence-electron chi connectivity index (χ3n) is 2.65. The second-order valence-corrected chi connectivity index (χ2v) is 5.01. The lowest BCUT2D eigenvalue weighted by Crippen LogP contribution is -2.03. The van der Waals surface area contributed by atoms with Crippen molar-refractivity contribution in [3.63, 3.8) is 0 Å². The Kier molecular flexibility index (Phi) is 3.75. The van der Waals surface area contributed by atoms with E-state index >= 15 is 0 Å². The highest BCUT2D eigenvalue weighted by Gasteiger charge is 2.06. The molecule has 0 saturated carbocycles. The van der Waals surface area contributed by atoms with Gasteiger partial charge in [0.1, 0.15) is 0 Å². The first-order valence-corrected chi connectivity index (χ1v) is 6.29. The summed E-state index contributed by atoms with van der Waals surface area (Å²) < 4.78 is 0.990. The van der Waals surface area contributed by atoms with E-state index in [9.17, 15) is 4.79 Å². The average molecular weight is 289 g/mol. The fourth-order valence-corrected chi connectivity index (χ4v) is 1.89. The molecule has 2 aromatic rings. The van der Waals surface area contributed by atoms with Crippen LogP contribution < -0.4 is 0 Å². The standard InChI is InChI=1S/C15H13BrO/c1-11-2-4-12(5-3-11)10-15(17)13-6-8-14(16)9-7-13/h2-9H,10H2,1H3. The van der Waals surface area contributed by atoms with Crippen molar-refractivity contribution in [2.24, 2.45) is 0 Å². The molecule has 0 bridgehead atoms. The largest absolute Gasteiger partial charge is 0.294 e. The van der Waals surface area contributed by atoms with Gasteiger partial charge in [-0.15, -0.1) is 0 Å². The monoisotopic (exact) mass is 288 g/mol. The third kappa shape index (κ3) is 3.27. The maximum absolute atomic E-state index is 12.0. The Labute approximate surface area is 110 Å². The van der Waals surface area contributed by atoms with E-state index in [-0.39, 0.29) is 5.78 Å². The SMILES string of the molecule is Cc1ccc(CC(=O)c2ccc(Br)cc2)cc1. The molecule has 0 aliphatic heterocycles. The van der Waals surface area contributed by atoms with Crippen LogP contribution in [-0.4, -0.2) is 5.78 Å². The van der Waals surface area contributed by atoms with Crippen molar-refractivity contribution >= 4 is 21.7 Å². The van der Waals surface area contributed by atoms with Crippen LogP contribution >= 0.6 is 15.9 Å². The number of rotatable bonds is 3. The topological polar surface area (TPSA) is 17.1 Å². The van der Waals surface area contributed by atoms with Crippen LogP contribution in [-0.2, 0) is 6.42 Å². The molecule has 2 rings (SSSR count). The van der Waals surface area contributed by atoms with Crippen molar-refractivity contribution in [1.29, 1.82) is 0 Å². The Morgan fingerprint density at radius 2 is 1.59 bits per heavy atom. The van der Waals surface area contributed by atoms with E-state index in [0.717, 1.165) is 15.6 Å². The molecule has 0 N–H and O–H groups in total. The van der Waals surface area contributed by atoms with Crippen LogP contribution in [0.2, 0.25) is 0 Å². The van der Waals surface area contributed by atoms with Crippen LogP contribution in [0.4, 0.5) is 0 Å². The first kappa shape index (κ1) is 12.1. The summed E-state index contributed by atoms with van der Waals surface area (Å²) >= 11 is 3.36. The van der Waals surface area contributed by atoms with Crippen molar-refractivity contribution < 1.29 is 4.79 Å². The summed E-state index contributed by atoms with van der Waals surface area (Å²) in [6.45, 7) is 2.04. The number of hydrogen-bond donors (Lipinski definition) is 0. The maximum atomic E-state index is 12.0. The highest BCUT2D eigenvalue weighted by atomic mass is 79.9. The lowest BCUT2D eigenvalue weighted by molar-refractivity contribution is 0.0993. The Hall–Kier alpha value is -1.41. The van der Waals surface area contributed by atoms with Gasteiger partial charge in [0.2, 0.25) is 0 Å². The molecule has 0 radical (unpaired) electrons. The van der Waals surface area contributed by atoms with Crippen LogP contribution in [0.3, 0.4) is 0 Å². The molecule has 2 aromatic carbocycles. The van der Waals surface area contributed by atoms with Crippen LogP contribution in [0.5, 0.6) is 0 Å². The number of carbonyl (C=O) groups excluding carboxylic acids is 1. The van der Waals surface area contributed by atoms with Gasteiger partial charge in [0.05, 0.1) is 0 Å². The summed E-state index contributed by atoms with van der Waals surface area (Å²) in [4.78, 5) is 12.0. The van der Waals surface area contributed by atoms with Crippen LogP contribution in [0, 0.1) is 6.92 Å². The van der Waals surface area contributed by atoms with Gasteiger partial charge in [-0.05, 0) is 24.6 Å². The van der Waals surface area contributed by atoms with Gasteiger partial charge in [0.15, 0.2) is 5.78 Å². The smallest absolute Gasteiger partial charge is 0.167 e. The summed E-state index contributed by atoms with van der Waals surface area (Å²) in [6.07, 6.45) is 0.460. The van der Waals surface area contributed by atoms with E-state index in [1.165, 1.54) is 5.56 Å². The molecular formula is C15H13BrO. The van der Waals surface area contributed by atoms with Gasteiger partial charge < -0.3 is 0 Å². The van der Waals surface area contributed by atoms with Crippen molar-refractivity contribution in [2.75, 3.05) is 0 Å². The van der Waals surface area contributed by atoms with E-state index in [2.05, 4.69) is 15.9 Å². The van der Waals surface area contributed by atoms with Crippen molar-refractivity contribution in [3.8, 4) is 0 Å². The number of benzene rings is 2. The summed E-state index contributed by atoms with van der Waals surface area (Å²) in [7, 11) is 0. The maximum Gasteiger partial charge on any atom is 0.167 e. The van der Waals surface area contributed by atoms with Gasteiger partial charge in [0.25, 0.3) is 0 Å². The fraction of sp³-hybridized carbons (Fsp3) is 0.133. The summed E-state index contributed by atoms with van der Waals surface area (Å²) in [5.74, 6) is 0.154. The van der Waals surface area contributed by atoms with Crippen LogP contribution in [0.15, 0.2) is 53.0 Å². The van der Waals surface area contributed by atoms with E-state index in [4.69, 9.17) is 0 Å². The molecule has 86 valence electrons. The molecular weight excluding hydrogens is 276 g/mol. The third-order valence-corrected chi connectivity index (χ3v) is 3.18. The van der Waals surface area contributed by atoms with Gasteiger partial charge in [-0.3, -0.25) is 4.79 Å². The number of ketones is 1. The number of Topliss-reactive ketones (excluding diaryl/α,β-unsaturated/α-hetero) is 1. The highest BCUT2D eigenvalue weighted by Crippen LogP contribution is 2.13. The minimum atomic E-state index is 0.154. The predicted octanol–water partition coefficient (Wildman–Crippen LogP) is 4.18. The Morgan fingerprint density at radius 1 is 1.00 bits per heavy atom. The highest BCUT2D eigenvalue weighted by molar-refractivity contribution is 9.10. The van der Waals surface area contributed by atoms with E-state index in [1.54, 1.807) is 0 Å². The molecule has 0 aromatic heterocycles. The zero-order chi connectivity index (χ0) is 12.3. The molecule has 2 heteroatoms. The molecule has 0 amide bonds. The molecule has 0 spiro atoms. The van der Waals surface area contributed by atoms with Crippen molar-refractivity contribution in [3.05, 3.63) is 69.7 Å². The summed E-state index contributed by atoms with van der Waals surface area (Å²) in [5.41, 5.74) is 3.03. The van der Waals surface area contributed by atoms with Gasteiger partial charge in [-0.25, -0.2) is 0 Å². The second kappa shape index (κ2) is 5.28. The zero-order valence-corrected chi connectivity index (χ0v) is 11.2. The zero-order valence-electron chi connectivity index (χ0n) is 9.61. The minimum absolute atomic E-state index is 0.154. The minimum Gasteiger partial charge on any atom is -0.294 e. The summed E-state index contributed by atoms with van der Waals surface area (Å²) in [6, 6.07) is 15.6. The average Bonchev–Trinajstić information content (AvgIpc) is 2.33. The Morgan fingerprint density at radius 3 is 2.18 bits per heavy atom. The van der Waals surface area contributed by atoms with Gasteiger partial charge in [-0.1, -0.05) is 57.9 Å². The molecule has 0 aliphatic rings. The molecule has 0 fully saturated rings. The Balaban J connectivity index is 2.11. The van der Waals surface area contributed by atoms with E-state index in [1.807, 2.05) is 55.5 Å². The molecule has 17 heavy (non-hydrogen) atoms. The lowest BCUT2D eigenvalue weighted by Gasteiger charge is -2.02. The van der Waals surface area contributed by atoms with Gasteiger partial charge in [0, 0.05) is 16.5 Å². The first-order valence-electron chi connectivity index (χ1n) is 5.49. The lowest BCUT2D eigenvalue weighted by atomic mass is 10.0. The summed E-state index contributed by atoms with van der Waals surface area (Å²) in [5, 5.41) is 0. The normalized spacial score (nSPS) is 10.2. The van der Waals surface area contributed by atoms with Gasteiger partial charge >= 0.3 is 0 Å². The van der Waals surface area contributed by atoms with Crippen LogP contribution in [0.1, 0.15) is 21.5 Å². The fourth-order valence-electron chi connectivity index (χ4n) is 1.63. The number of aryl methyl sites for hydroxylation is 1. The molecule has 0 aliphatic carbocycles. The quantitative estimate of drug-likeness (QED) is 0.775. The molecule has 0 atom stereocenters. The predicted molar refractivity (Wildman–Crippen MR) is 73.4 cm³/mol. The Bertz CT molecular complexity index is 512. The second-order valence-electron chi connectivity index (χ2n) is 4.09.